The van der Waals surface area contributed by atoms with Gasteiger partial charge < -0.3 is 14.2 Å². The van der Waals surface area contributed by atoms with Crippen LogP contribution in [0.25, 0.3) is 6.08 Å². The lowest BCUT2D eigenvalue weighted by Crippen LogP contribution is -2.18. The molecule has 3 aromatic carbocycles. The largest absolute Gasteiger partial charge is 0.489 e. The molecule has 0 spiro atoms. The van der Waals surface area contributed by atoms with Gasteiger partial charge in [-0.15, -0.1) is 0 Å². The average molecular weight is 431 g/mol. The number of ether oxygens (including phenoxy) is 3. The van der Waals surface area contributed by atoms with E-state index in [2.05, 4.69) is 0 Å². The molecule has 0 amide bonds. The van der Waals surface area contributed by atoms with Gasteiger partial charge in [0.25, 0.3) is 0 Å². The summed E-state index contributed by atoms with van der Waals surface area (Å²) in [4.78, 5) is 12.8. The van der Waals surface area contributed by atoms with Crippen LogP contribution in [0, 0.1) is 0 Å². The number of ketones is 1. The van der Waals surface area contributed by atoms with Crippen molar-refractivity contribution >= 4 is 23.5 Å². The Morgan fingerprint density at radius 1 is 1.03 bits per heavy atom. The van der Waals surface area contributed by atoms with E-state index in [1.54, 1.807) is 24.3 Å². The summed E-state index contributed by atoms with van der Waals surface area (Å²) in [7, 11) is 0. The zero-order valence-corrected chi connectivity index (χ0v) is 17.6. The molecular weight excluding hydrogens is 412 g/mol. The lowest BCUT2D eigenvalue weighted by Gasteiger charge is -2.22. The van der Waals surface area contributed by atoms with Gasteiger partial charge in [0.05, 0.1) is 5.56 Å². The molecule has 5 rings (SSSR count). The Morgan fingerprint density at radius 3 is 2.71 bits per heavy atom. The highest BCUT2D eigenvalue weighted by Gasteiger charge is 2.29. The van der Waals surface area contributed by atoms with Crippen molar-refractivity contribution in [3.05, 3.63) is 106 Å². The smallest absolute Gasteiger partial charge is 0.231 e. The van der Waals surface area contributed by atoms with E-state index in [1.807, 2.05) is 61.5 Å². The number of allylic oxidation sites excluding steroid dienone is 1. The van der Waals surface area contributed by atoms with Crippen molar-refractivity contribution in [2.45, 2.75) is 19.6 Å². The van der Waals surface area contributed by atoms with Crippen LogP contribution in [0.4, 0.5) is 0 Å². The van der Waals surface area contributed by atoms with Crippen LogP contribution in [0.2, 0.25) is 5.02 Å². The van der Waals surface area contributed by atoms with Gasteiger partial charge in [-0.2, -0.15) is 0 Å². The van der Waals surface area contributed by atoms with Crippen LogP contribution in [0.3, 0.4) is 0 Å². The zero-order valence-electron chi connectivity index (χ0n) is 16.8. The third-order valence-electron chi connectivity index (χ3n) is 5.31. The molecule has 0 fully saturated rings. The number of hydrogen-bond donors (Lipinski definition) is 0. The number of benzene rings is 3. The Balaban J connectivity index is 1.36. The molecule has 0 N–H and O–H groups in total. The molecule has 1 unspecified atom stereocenters. The lowest BCUT2D eigenvalue weighted by atomic mass is 10.0. The topological polar surface area (TPSA) is 44.8 Å². The van der Waals surface area contributed by atoms with Gasteiger partial charge in [0.2, 0.25) is 5.78 Å². The van der Waals surface area contributed by atoms with E-state index < -0.39 is 0 Å². The minimum Gasteiger partial charge on any atom is -0.489 e. The van der Waals surface area contributed by atoms with Crippen molar-refractivity contribution in [1.29, 1.82) is 0 Å². The first-order valence-electron chi connectivity index (χ1n) is 10.0. The van der Waals surface area contributed by atoms with Crippen molar-refractivity contribution in [2.24, 2.45) is 0 Å². The molecule has 4 nitrogen and oxygen atoms in total. The molecule has 154 valence electrons. The summed E-state index contributed by atoms with van der Waals surface area (Å²) in [6, 6.07) is 20.6. The fraction of sp³-hybridized carbons (Fsp3) is 0.115. The van der Waals surface area contributed by atoms with E-state index in [4.69, 9.17) is 25.8 Å². The quantitative estimate of drug-likeness (QED) is 0.459. The standard InChI is InChI=1S/C26H19ClO4/c1-16-19(12-17-6-3-5-9-23(17)30-16)13-25-26(28)21-11-10-20(14-24(21)31-25)29-15-18-7-2-4-8-22(18)27/h2-14,16H,15H2,1H3/b25-13-. The fourth-order valence-electron chi connectivity index (χ4n) is 3.61. The molecule has 2 heterocycles. The minimum absolute atomic E-state index is 0.153. The molecule has 5 heteroatoms. The highest BCUT2D eigenvalue weighted by molar-refractivity contribution is 6.31. The van der Waals surface area contributed by atoms with Gasteiger partial charge in [0, 0.05) is 22.2 Å². The number of hydrogen-bond acceptors (Lipinski definition) is 4. The van der Waals surface area contributed by atoms with Crippen molar-refractivity contribution in [3.8, 4) is 17.2 Å². The summed E-state index contributed by atoms with van der Waals surface area (Å²) < 4.78 is 17.7. The van der Waals surface area contributed by atoms with Gasteiger partial charge in [0.1, 0.15) is 30.0 Å². The maximum Gasteiger partial charge on any atom is 0.231 e. The van der Waals surface area contributed by atoms with Gasteiger partial charge in [-0.1, -0.05) is 48.0 Å². The van der Waals surface area contributed by atoms with Crippen molar-refractivity contribution in [2.75, 3.05) is 0 Å². The highest BCUT2D eigenvalue weighted by atomic mass is 35.5. The van der Waals surface area contributed by atoms with Crippen LogP contribution in [0.15, 0.2) is 84.1 Å². The summed E-state index contributed by atoms with van der Waals surface area (Å²) in [6.45, 7) is 2.28. The molecule has 2 aliphatic heterocycles. The Bertz CT molecular complexity index is 1240. The lowest BCUT2D eigenvalue weighted by molar-refractivity contribution is 0.101. The fourth-order valence-corrected chi connectivity index (χ4v) is 3.80. The Labute approximate surface area is 185 Å². The summed E-state index contributed by atoms with van der Waals surface area (Å²) in [5, 5.41) is 0.652. The summed E-state index contributed by atoms with van der Waals surface area (Å²) in [5.41, 5.74) is 3.26. The van der Waals surface area contributed by atoms with E-state index in [-0.39, 0.29) is 17.6 Å². The first-order valence-corrected chi connectivity index (χ1v) is 10.4. The number of Topliss-reactive ketones (excluding diaryl/α,β-unsaturated/α-hetero) is 1. The van der Waals surface area contributed by atoms with Gasteiger partial charge in [0.15, 0.2) is 5.76 Å². The van der Waals surface area contributed by atoms with Crippen LogP contribution >= 0.6 is 11.6 Å². The number of carbonyl (C=O) groups is 1. The number of para-hydroxylation sites is 1. The molecule has 0 saturated carbocycles. The van der Waals surface area contributed by atoms with Crippen LogP contribution in [0.1, 0.15) is 28.4 Å². The van der Waals surface area contributed by atoms with Gasteiger partial charge in [-0.25, -0.2) is 0 Å². The van der Waals surface area contributed by atoms with Gasteiger partial charge >= 0.3 is 0 Å². The summed E-state index contributed by atoms with van der Waals surface area (Å²) >= 11 is 6.19. The molecular formula is C26H19ClO4. The second-order valence-corrected chi connectivity index (χ2v) is 7.83. The first kappa shape index (κ1) is 19.5. The van der Waals surface area contributed by atoms with Gasteiger partial charge in [-0.05, 0) is 48.9 Å². The third kappa shape index (κ3) is 3.82. The zero-order chi connectivity index (χ0) is 21.4. The Morgan fingerprint density at radius 2 is 1.84 bits per heavy atom. The molecule has 2 aliphatic rings. The van der Waals surface area contributed by atoms with E-state index in [9.17, 15) is 4.79 Å². The number of fused-ring (bicyclic) bond motifs is 2. The SMILES string of the molecule is CC1Oc2ccccc2C=C1/C=C1\Oc2cc(OCc3ccccc3Cl)ccc2C1=O. The maximum atomic E-state index is 12.8. The summed E-state index contributed by atoms with van der Waals surface area (Å²) in [5.74, 6) is 2.05. The Kier molecular flexibility index (Phi) is 5.00. The summed E-state index contributed by atoms with van der Waals surface area (Å²) in [6.07, 6.45) is 3.60. The van der Waals surface area contributed by atoms with E-state index in [0.29, 0.717) is 28.7 Å². The Hall–Kier alpha value is -3.50. The molecule has 0 aromatic heterocycles. The highest BCUT2D eigenvalue weighted by Crippen LogP contribution is 2.36. The molecule has 3 aromatic rings. The van der Waals surface area contributed by atoms with Crippen molar-refractivity contribution < 1.29 is 19.0 Å². The van der Waals surface area contributed by atoms with Crippen LogP contribution in [-0.2, 0) is 6.61 Å². The molecule has 0 saturated heterocycles. The molecule has 0 bridgehead atoms. The van der Waals surface area contributed by atoms with Crippen LogP contribution in [-0.4, -0.2) is 11.9 Å². The normalized spacial score (nSPS) is 18.0. The monoisotopic (exact) mass is 430 g/mol. The van der Waals surface area contributed by atoms with Crippen LogP contribution < -0.4 is 14.2 Å². The molecule has 1 atom stereocenters. The number of halogens is 1. The van der Waals surface area contributed by atoms with Crippen molar-refractivity contribution in [3.63, 3.8) is 0 Å². The predicted molar refractivity (Wildman–Crippen MR) is 120 cm³/mol. The second kappa shape index (κ2) is 7.97. The molecule has 31 heavy (non-hydrogen) atoms. The minimum atomic E-state index is -0.183. The second-order valence-electron chi connectivity index (χ2n) is 7.42. The maximum absolute atomic E-state index is 12.8. The van der Waals surface area contributed by atoms with Gasteiger partial charge in [-0.3, -0.25) is 4.79 Å². The molecule has 0 aliphatic carbocycles. The van der Waals surface area contributed by atoms with Crippen LogP contribution in [0.5, 0.6) is 17.2 Å². The predicted octanol–water partition coefficient (Wildman–Crippen LogP) is 6.24. The third-order valence-corrected chi connectivity index (χ3v) is 5.67. The number of carbonyl (C=O) groups excluding carboxylic acids is 1. The van der Waals surface area contributed by atoms with E-state index in [0.717, 1.165) is 22.4 Å². The average Bonchev–Trinajstić information content (AvgIpc) is 3.08. The number of rotatable bonds is 4. The van der Waals surface area contributed by atoms with E-state index >= 15 is 0 Å². The first-order chi connectivity index (χ1) is 15.1. The molecule has 0 radical (unpaired) electrons. The van der Waals surface area contributed by atoms with Crippen molar-refractivity contribution in [1.82, 2.24) is 0 Å². The van der Waals surface area contributed by atoms with E-state index in [1.165, 1.54) is 0 Å².